The monoisotopic (exact) mass is 573 g/mol. The van der Waals surface area contributed by atoms with Crippen molar-refractivity contribution in [1.82, 2.24) is 25.6 Å². The van der Waals surface area contributed by atoms with Crippen LogP contribution in [0.3, 0.4) is 0 Å². The number of aromatic nitrogens is 3. The van der Waals surface area contributed by atoms with E-state index in [1.54, 1.807) is 24.3 Å². The van der Waals surface area contributed by atoms with Gasteiger partial charge in [0.15, 0.2) is 6.61 Å². The van der Waals surface area contributed by atoms with E-state index in [4.69, 9.17) is 14.2 Å². The number of nitrogens with zero attached hydrogens (tertiary/aromatic N) is 3. The lowest BCUT2D eigenvalue weighted by atomic mass is 9.87. The lowest BCUT2D eigenvalue weighted by Crippen LogP contribution is -2.53. The molecule has 0 saturated carbocycles. The van der Waals surface area contributed by atoms with Crippen molar-refractivity contribution < 1.29 is 32.2 Å². The number of amides is 1. The quantitative estimate of drug-likeness (QED) is 0.362. The van der Waals surface area contributed by atoms with Gasteiger partial charge in [0.05, 0.1) is 25.2 Å². The molecule has 0 aliphatic carbocycles. The van der Waals surface area contributed by atoms with Gasteiger partial charge in [-0.25, -0.2) is 0 Å². The molecule has 1 fully saturated rings. The Labute approximate surface area is 234 Å². The van der Waals surface area contributed by atoms with Crippen LogP contribution in [0.2, 0.25) is 0 Å². The maximum absolute atomic E-state index is 12.8. The zero-order valence-corrected chi connectivity index (χ0v) is 22.1. The molecule has 218 valence electrons. The van der Waals surface area contributed by atoms with Crippen molar-refractivity contribution in [2.24, 2.45) is 5.41 Å². The smallest absolute Gasteiger partial charge is 0.422 e. The van der Waals surface area contributed by atoms with Gasteiger partial charge in [-0.15, -0.1) is 0 Å². The predicted octanol–water partition coefficient (Wildman–Crippen LogP) is 3.29. The molecule has 6 bridgehead atoms. The number of ether oxygens (including phenoxy) is 3. The number of halogens is 3. The molecule has 1 saturated heterocycles. The minimum Gasteiger partial charge on any atom is -0.493 e. The zero-order valence-electron chi connectivity index (χ0n) is 22.1. The highest BCUT2D eigenvalue weighted by molar-refractivity contribution is 5.94. The molecule has 5 aliphatic heterocycles. The predicted molar refractivity (Wildman–Crippen MR) is 143 cm³/mol. The van der Waals surface area contributed by atoms with Crippen molar-refractivity contribution >= 4 is 23.5 Å². The molecule has 3 aromatic rings. The standard InChI is InChI=1S/C27H30F3N7O4/c28-27(29,30)17-41-25-36-23-33-12-18-2-8-21(9-3-18)40-16-26(14-39-15-26)13-31-10-1-11-32-22(38)19-4-6-20(7-5-19)34-24(35-23)37-25/h2-9,31H,1,10-17H2,(H,32,38)(H2,33,34,35,36,37). The van der Waals surface area contributed by atoms with Crippen molar-refractivity contribution in [3.8, 4) is 11.8 Å². The maximum Gasteiger partial charge on any atom is 0.422 e. The Morgan fingerprint density at radius 3 is 2.37 bits per heavy atom. The fourth-order valence-corrected chi connectivity index (χ4v) is 4.16. The van der Waals surface area contributed by atoms with Crippen molar-refractivity contribution in [2.75, 3.05) is 56.7 Å². The topological polar surface area (TPSA) is 132 Å². The number of carbonyl (C=O) groups excluding carboxylic acids is 1. The van der Waals surface area contributed by atoms with E-state index in [9.17, 15) is 18.0 Å². The van der Waals surface area contributed by atoms with E-state index in [2.05, 4.69) is 36.2 Å². The van der Waals surface area contributed by atoms with Crippen LogP contribution in [0.1, 0.15) is 22.3 Å². The molecule has 1 spiro atoms. The molecule has 14 heteroatoms. The molecule has 11 nitrogen and oxygen atoms in total. The lowest BCUT2D eigenvalue weighted by molar-refractivity contribution is -0.154. The Morgan fingerprint density at radius 2 is 1.66 bits per heavy atom. The van der Waals surface area contributed by atoms with Gasteiger partial charge in [-0.3, -0.25) is 4.79 Å². The van der Waals surface area contributed by atoms with Crippen molar-refractivity contribution in [1.29, 1.82) is 0 Å². The Kier molecular flexibility index (Phi) is 8.69. The molecule has 4 N–H and O–H groups in total. The van der Waals surface area contributed by atoms with Crippen molar-refractivity contribution in [3.05, 3.63) is 59.7 Å². The summed E-state index contributed by atoms with van der Waals surface area (Å²) in [4.78, 5) is 24.7. The van der Waals surface area contributed by atoms with Crippen LogP contribution in [-0.2, 0) is 11.3 Å². The van der Waals surface area contributed by atoms with Crippen LogP contribution in [0, 0.1) is 5.41 Å². The number of benzene rings is 2. The fourth-order valence-electron chi connectivity index (χ4n) is 4.16. The molecule has 41 heavy (non-hydrogen) atoms. The van der Waals surface area contributed by atoms with Crippen molar-refractivity contribution in [3.63, 3.8) is 0 Å². The van der Waals surface area contributed by atoms with Gasteiger partial charge in [-0.05, 0) is 54.9 Å². The van der Waals surface area contributed by atoms with Crippen LogP contribution in [0.5, 0.6) is 11.8 Å². The Hall–Kier alpha value is -4.17. The van der Waals surface area contributed by atoms with Gasteiger partial charge in [0.25, 0.3) is 5.91 Å². The maximum atomic E-state index is 12.8. The minimum absolute atomic E-state index is 0.0184. The van der Waals surface area contributed by atoms with Crippen LogP contribution in [0.4, 0.5) is 30.8 Å². The average Bonchev–Trinajstić information content (AvgIpc) is 2.93. The van der Waals surface area contributed by atoms with E-state index in [1.807, 2.05) is 24.3 Å². The molecule has 2 aromatic carbocycles. The van der Waals surface area contributed by atoms with Crippen LogP contribution in [0.25, 0.3) is 0 Å². The summed E-state index contributed by atoms with van der Waals surface area (Å²) in [7, 11) is 0. The largest absolute Gasteiger partial charge is 0.493 e. The molecule has 0 radical (unpaired) electrons. The van der Waals surface area contributed by atoms with Crippen LogP contribution in [-0.4, -0.2) is 73.1 Å². The first-order valence-electron chi connectivity index (χ1n) is 13.1. The minimum atomic E-state index is -4.56. The summed E-state index contributed by atoms with van der Waals surface area (Å²) >= 11 is 0. The summed E-state index contributed by atoms with van der Waals surface area (Å²) in [5.41, 5.74) is 1.73. The van der Waals surface area contributed by atoms with Crippen molar-refractivity contribution in [2.45, 2.75) is 19.1 Å². The molecule has 1 amide bonds. The third kappa shape index (κ3) is 8.17. The average molecular weight is 574 g/mol. The third-order valence-electron chi connectivity index (χ3n) is 6.43. The van der Waals surface area contributed by atoms with E-state index < -0.39 is 18.8 Å². The molecule has 1 aromatic heterocycles. The normalized spacial score (nSPS) is 17.8. The summed E-state index contributed by atoms with van der Waals surface area (Å²) in [5, 5.41) is 12.3. The van der Waals surface area contributed by atoms with Crippen LogP contribution < -0.4 is 30.7 Å². The second-order valence-corrected chi connectivity index (χ2v) is 9.94. The number of rotatable bonds is 2. The summed E-state index contributed by atoms with van der Waals surface area (Å²) in [6, 6.07) is 13.5. The first-order valence-corrected chi connectivity index (χ1v) is 13.1. The summed E-state index contributed by atoms with van der Waals surface area (Å²) < 4.78 is 54.6. The van der Waals surface area contributed by atoms with Gasteiger partial charge in [-0.2, -0.15) is 28.1 Å². The highest BCUT2D eigenvalue weighted by atomic mass is 19.4. The van der Waals surface area contributed by atoms with Crippen LogP contribution in [0.15, 0.2) is 48.5 Å². The molecule has 0 unspecified atom stereocenters. The molecular weight excluding hydrogens is 543 g/mol. The first kappa shape index (κ1) is 28.4. The van der Waals surface area contributed by atoms with Crippen LogP contribution >= 0.6 is 0 Å². The fraction of sp³-hybridized carbons (Fsp3) is 0.407. The molecule has 0 atom stereocenters. The number of alkyl halides is 3. The summed E-state index contributed by atoms with van der Waals surface area (Å²) in [5.74, 6) is 0.474. The Balaban J connectivity index is 1.35. The number of nitrogens with one attached hydrogen (secondary N) is 4. The van der Waals surface area contributed by atoms with Gasteiger partial charge in [-0.1, -0.05) is 12.1 Å². The van der Waals surface area contributed by atoms with Gasteiger partial charge in [0.2, 0.25) is 11.9 Å². The lowest BCUT2D eigenvalue weighted by Gasteiger charge is -2.41. The third-order valence-corrected chi connectivity index (χ3v) is 6.43. The molecular formula is C27H30F3N7O4. The van der Waals surface area contributed by atoms with E-state index in [-0.39, 0.29) is 29.8 Å². The summed E-state index contributed by atoms with van der Waals surface area (Å²) in [6.45, 7) is 2.40. The Morgan fingerprint density at radius 1 is 0.902 bits per heavy atom. The number of carbonyl (C=O) groups is 1. The molecule has 6 heterocycles. The van der Waals surface area contributed by atoms with Gasteiger partial charge >= 0.3 is 12.2 Å². The molecule has 5 aliphatic rings. The zero-order chi connectivity index (χ0) is 28.7. The van der Waals surface area contributed by atoms with Gasteiger partial charge < -0.3 is 35.5 Å². The van der Waals surface area contributed by atoms with Gasteiger partial charge in [0.1, 0.15) is 5.75 Å². The van der Waals surface area contributed by atoms with E-state index in [0.29, 0.717) is 43.4 Å². The first-order chi connectivity index (χ1) is 19.8. The molecule has 8 rings (SSSR count). The number of hydrogen-bond acceptors (Lipinski definition) is 10. The summed E-state index contributed by atoms with van der Waals surface area (Å²) in [6.07, 6.45) is -3.81. The number of anilines is 3. The second kappa shape index (κ2) is 12.6. The van der Waals surface area contributed by atoms with E-state index in [1.165, 1.54) is 0 Å². The Bertz CT molecular complexity index is 1320. The van der Waals surface area contributed by atoms with E-state index >= 15 is 0 Å². The highest BCUT2D eigenvalue weighted by Crippen LogP contribution is 2.28. The van der Waals surface area contributed by atoms with E-state index in [0.717, 1.165) is 25.1 Å². The second-order valence-electron chi connectivity index (χ2n) is 9.94. The van der Waals surface area contributed by atoms with Gasteiger partial charge in [0, 0.05) is 30.9 Å². The SMILES string of the molecule is O=C1NCCCNCC2(COC2)COc2ccc(cc2)CNc2nc(nc(OCC(F)(F)F)n2)Nc2ccc1cc2. The highest BCUT2D eigenvalue weighted by Gasteiger charge is 2.39. The number of hydrogen-bond donors (Lipinski definition) is 4.